The zero-order chi connectivity index (χ0) is 14.1. The van der Waals surface area contributed by atoms with Crippen LogP contribution in [0, 0.1) is 0 Å². The lowest BCUT2D eigenvalue weighted by Gasteiger charge is -2.02. The molecule has 0 aliphatic heterocycles. The molecule has 0 aliphatic carbocycles. The van der Waals surface area contributed by atoms with E-state index in [-0.39, 0.29) is 5.75 Å². The average molecular weight is 266 g/mol. The second kappa shape index (κ2) is 4.70. The van der Waals surface area contributed by atoms with Gasteiger partial charge in [0.25, 0.3) is 0 Å². The van der Waals surface area contributed by atoms with Crippen molar-refractivity contribution in [3.8, 4) is 28.5 Å². The van der Waals surface area contributed by atoms with E-state index < -0.39 is 0 Å². The molecule has 5 nitrogen and oxygen atoms in total. The fourth-order valence-corrected chi connectivity index (χ4v) is 2.03. The molecule has 0 saturated carbocycles. The average Bonchev–Trinajstić information content (AvgIpc) is 2.85. The van der Waals surface area contributed by atoms with Gasteiger partial charge in [0.05, 0.1) is 5.69 Å². The van der Waals surface area contributed by atoms with Gasteiger partial charge in [-0.15, -0.1) is 0 Å². The summed E-state index contributed by atoms with van der Waals surface area (Å²) in [5.74, 6) is 1.38. The standard InChI is InChI=1S/C15H14N4O/c1-19-15(11-7-8-12(16)13(20)9-11)17-14(18-19)10-5-3-2-4-6-10/h2-9,20H,16H2,1H3. The molecule has 0 atom stereocenters. The number of phenols is 1. The molecule has 20 heavy (non-hydrogen) atoms. The van der Waals surface area contributed by atoms with Crippen LogP contribution in [0.1, 0.15) is 0 Å². The minimum Gasteiger partial charge on any atom is -0.506 e. The number of rotatable bonds is 2. The van der Waals surface area contributed by atoms with Crippen LogP contribution in [0.5, 0.6) is 5.75 Å². The molecule has 3 aromatic rings. The highest BCUT2D eigenvalue weighted by Crippen LogP contribution is 2.28. The Balaban J connectivity index is 2.07. The zero-order valence-electron chi connectivity index (χ0n) is 11.0. The van der Waals surface area contributed by atoms with Crippen LogP contribution in [0.2, 0.25) is 0 Å². The molecule has 1 aromatic heterocycles. The lowest BCUT2D eigenvalue weighted by molar-refractivity contribution is 0.478. The maximum absolute atomic E-state index is 9.69. The fourth-order valence-electron chi connectivity index (χ4n) is 2.03. The van der Waals surface area contributed by atoms with Gasteiger partial charge in [-0.1, -0.05) is 30.3 Å². The molecule has 0 bridgehead atoms. The molecule has 2 aromatic carbocycles. The Kier molecular flexibility index (Phi) is 2.87. The number of hydrogen-bond acceptors (Lipinski definition) is 4. The number of nitrogens with zero attached hydrogens (tertiary/aromatic N) is 3. The van der Waals surface area contributed by atoms with Crippen LogP contribution in [-0.2, 0) is 7.05 Å². The highest BCUT2D eigenvalue weighted by molar-refractivity contribution is 5.67. The quantitative estimate of drug-likeness (QED) is 0.551. The van der Waals surface area contributed by atoms with Gasteiger partial charge < -0.3 is 10.8 Å². The maximum Gasteiger partial charge on any atom is 0.181 e. The zero-order valence-corrected chi connectivity index (χ0v) is 11.0. The van der Waals surface area contributed by atoms with E-state index in [2.05, 4.69) is 10.1 Å². The Morgan fingerprint density at radius 1 is 1.05 bits per heavy atom. The Bertz CT molecular complexity index is 750. The summed E-state index contributed by atoms with van der Waals surface area (Å²) in [5, 5.41) is 14.1. The van der Waals surface area contributed by atoms with Crippen LogP contribution in [0.15, 0.2) is 48.5 Å². The molecular weight excluding hydrogens is 252 g/mol. The van der Waals surface area contributed by atoms with Crippen molar-refractivity contribution in [2.75, 3.05) is 5.73 Å². The van der Waals surface area contributed by atoms with Gasteiger partial charge >= 0.3 is 0 Å². The van der Waals surface area contributed by atoms with E-state index in [1.165, 1.54) is 0 Å². The third kappa shape index (κ3) is 2.09. The predicted molar refractivity (Wildman–Crippen MR) is 78.0 cm³/mol. The van der Waals surface area contributed by atoms with Gasteiger partial charge in [0.2, 0.25) is 0 Å². The first-order chi connectivity index (χ1) is 9.65. The minimum atomic E-state index is 0.0479. The van der Waals surface area contributed by atoms with Crippen LogP contribution >= 0.6 is 0 Å². The van der Waals surface area contributed by atoms with Gasteiger partial charge in [-0.05, 0) is 18.2 Å². The van der Waals surface area contributed by atoms with E-state index in [1.54, 1.807) is 16.8 Å². The van der Waals surface area contributed by atoms with Crippen molar-refractivity contribution in [2.45, 2.75) is 0 Å². The molecule has 0 spiro atoms. The molecule has 100 valence electrons. The number of aryl methyl sites for hydroxylation is 1. The van der Waals surface area contributed by atoms with Gasteiger partial charge in [0.1, 0.15) is 5.75 Å². The largest absolute Gasteiger partial charge is 0.506 e. The smallest absolute Gasteiger partial charge is 0.181 e. The van der Waals surface area contributed by atoms with Gasteiger partial charge in [0, 0.05) is 18.2 Å². The molecular formula is C15H14N4O. The van der Waals surface area contributed by atoms with E-state index in [9.17, 15) is 5.11 Å². The summed E-state index contributed by atoms with van der Waals surface area (Å²) in [7, 11) is 1.82. The molecule has 1 heterocycles. The van der Waals surface area contributed by atoms with Gasteiger partial charge in [0.15, 0.2) is 11.6 Å². The first-order valence-electron chi connectivity index (χ1n) is 6.20. The van der Waals surface area contributed by atoms with Crippen molar-refractivity contribution in [3.05, 3.63) is 48.5 Å². The van der Waals surface area contributed by atoms with Gasteiger partial charge in [-0.25, -0.2) is 9.67 Å². The Morgan fingerprint density at radius 2 is 1.80 bits per heavy atom. The molecule has 0 amide bonds. The molecule has 3 N–H and O–H groups in total. The van der Waals surface area contributed by atoms with Crippen LogP contribution in [0.4, 0.5) is 5.69 Å². The van der Waals surface area contributed by atoms with Crippen molar-refractivity contribution in [3.63, 3.8) is 0 Å². The van der Waals surface area contributed by atoms with Crippen LogP contribution in [-0.4, -0.2) is 19.9 Å². The lowest BCUT2D eigenvalue weighted by atomic mass is 10.2. The Hall–Kier alpha value is -2.82. The minimum absolute atomic E-state index is 0.0479. The summed E-state index contributed by atoms with van der Waals surface area (Å²) >= 11 is 0. The number of aromatic hydroxyl groups is 1. The summed E-state index contributed by atoms with van der Waals surface area (Å²) < 4.78 is 1.69. The molecule has 0 saturated heterocycles. The summed E-state index contributed by atoms with van der Waals surface area (Å²) in [6.07, 6.45) is 0. The van der Waals surface area contributed by atoms with Crippen molar-refractivity contribution < 1.29 is 5.11 Å². The van der Waals surface area contributed by atoms with E-state index in [1.807, 2.05) is 43.4 Å². The predicted octanol–water partition coefficient (Wildman–Crippen LogP) is 2.44. The molecule has 5 heteroatoms. The molecule has 0 fully saturated rings. The molecule has 0 unspecified atom stereocenters. The highest BCUT2D eigenvalue weighted by Gasteiger charge is 2.12. The van der Waals surface area contributed by atoms with Crippen molar-refractivity contribution in [1.29, 1.82) is 0 Å². The number of aromatic nitrogens is 3. The molecule has 3 rings (SSSR count). The normalized spacial score (nSPS) is 10.7. The van der Waals surface area contributed by atoms with Crippen molar-refractivity contribution >= 4 is 5.69 Å². The summed E-state index contributed by atoms with van der Waals surface area (Å²) in [5.41, 5.74) is 7.68. The van der Waals surface area contributed by atoms with E-state index in [0.29, 0.717) is 17.3 Å². The Morgan fingerprint density at radius 3 is 2.50 bits per heavy atom. The SMILES string of the molecule is Cn1nc(-c2ccccc2)nc1-c1ccc(N)c(O)c1. The number of benzene rings is 2. The number of phenolic OH excluding ortho intramolecular Hbond substituents is 1. The summed E-state index contributed by atoms with van der Waals surface area (Å²) in [6, 6.07) is 14.8. The fraction of sp³-hybridized carbons (Fsp3) is 0.0667. The number of anilines is 1. The van der Waals surface area contributed by atoms with Crippen molar-refractivity contribution in [2.24, 2.45) is 7.05 Å². The van der Waals surface area contributed by atoms with Crippen LogP contribution in [0.25, 0.3) is 22.8 Å². The topological polar surface area (TPSA) is 77.0 Å². The van der Waals surface area contributed by atoms with E-state index in [0.717, 1.165) is 11.1 Å². The summed E-state index contributed by atoms with van der Waals surface area (Å²) in [4.78, 5) is 4.52. The van der Waals surface area contributed by atoms with E-state index >= 15 is 0 Å². The first-order valence-corrected chi connectivity index (χ1v) is 6.20. The monoisotopic (exact) mass is 266 g/mol. The third-order valence-electron chi connectivity index (χ3n) is 3.08. The Labute approximate surface area is 116 Å². The molecule has 0 aliphatic rings. The second-order valence-corrected chi connectivity index (χ2v) is 4.52. The highest BCUT2D eigenvalue weighted by atomic mass is 16.3. The van der Waals surface area contributed by atoms with Crippen LogP contribution in [0.3, 0.4) is 0 Å². The van der Waals surface area contributed by atoms with Crippen LogP contribution < -0.4 is 5.73 Å². The summed E-state index contributed by atoms with van der Waals surface area (Å²) in [6.45, 7) is 0. The maximum atomic E-state index is 9.69. The molecule has 0 radical (unpaired) electrons. The lowest BCUT2D eigenvalue weighted by Crippen LogP contribution is -1.95. The second-order valence-electron chi connectivity index (χ2n) is 4.52. The van der Waals surface area contributed by atoms with E-state index in [4.69, 9.17) is 5.73 Å². The van der Waals surface area contributed by atoms with Gasteiger partial charge in [-0.3, -0.25) is 0 Å². The number of nitrogen functional groups attached to an aromatic ring is 1. The first kappa shape index (κ1) is 12.2. The number of hydrogen-bond donors (Lipinski definition) is 2. The van der Waals surface area contributed by atoms with Crippen molar-refractivity contribution in [1.82, 2.24) is 14.8 Å². The van der Waals surface area contributed by atoms with Gasteiger partial charge in [-0.2, -0.15) is 5.10 Å². The third-order valence-corrected chi connectivity index (χ3v) is 3.08. The number of nitrogens with two attached hydrogens (primary N) is 1.